The van der Waals surface area contributed by atoms with Gasteiger partial charge in [0.15, 0.2) is 5.69 Å². The zero-order chi connectivity index (χ0) is 35.7. The van der Waals surface area contributed by atoms with Crippen molar-refractivity contribution in [1.82, 2.24) is 24.4 Å². The van der Waals surface area contributed by atoms with Crippen molar-refractivity contribution in [3.63, 3.8) is 0 Å². The second kappa shape index (κ2) is 13.4. The molecule has 1 aromatic heterocycles. The number of alkyl halides is 3. The second-order valence-corrected chi connectivity index (χ2v) is 12.6. The van der Waals surface area contributed by atoms with Gasteiger partial charge >= 0.3 is 6.18 Å². The molecule has 1 aliphatic rings. The monoisotopic (exact) mass is 699 g/mol. The third kappa shape index (κ3) is 7.38. The third-order valence-corrected chi connectivity index (χ3v) is 8.79. The number of nitrogens with one attached hydrogen (secondary N) is 1. The Kier molecular flexibility index (Phi) is 9.44. The molecule has 0 radical (unpaired) electrons. The number of hydrogen-bond donors (Lipinski definition) is 1. The Balaban J connectivity index is 1.19. The van der Waals surface area contributed by atoms with Gasteiger partial charge in [0, 0.05) is 5.56 Å². The molecule has 18 heteroatoms. The molecule has 0 aliphatic carbocycles. The fourth-order valence-corrected chi connectivity index (χ4v) is 5.79. The topological polar surface area (TPSA) is 169 Å². The van der Waals surface area contributed by atoms with Crippen molar-refractivity contribution >= 4 is 27.7 Å². The van der Waals surface area contributed by atoms with E-state index in [0.717, 1.165) is 38.4 Å². The molecule has 1 atom stereocenters. The summed E-state index contributed by atoms with van der Waals surface area (Å²) < 4.78 is 69.2. The van der Waals surface area contributed by atoms with Crippen molar-refractivity contribution in [2.75, 3.05) is 13.6 Å². The summed E-state index contributed by atoms with van der Waals surface area (Å²) in [5.74, 6) is -2.22. The Bertz CT molecular complexity index is 2010. The standard InChI is InChI=1S/C31H28F3N7O7S/c1-19-8-10-21(11-9-19)26-18-27(31(32,33)34)35-40(26)22-12-14-23(15-13-22)49(46,47)36-28(42)16-17-38(3)41(45)37-48-20(2)39-29(43)24-6-4-5-7-25(24)30(39)44/h4-15,18,20H,16-17H2,1-3H3,(H,36,42). The highest BCUT2D eigenvalue weighted by Crippen LogP contribution is 2.33. The van der Waals surface area contributed by atoms with Crippen LogP contribution in [0.1, 0.15) is 45.3 Å². The first-order chi connectivity index (χ1) is 23.1. The number of hydrazine groups is 1. The first kappa shape index (κ1) is 34.6. The van der Waals surface area contributed by atoms with Gasteiger partial charge in [-0.3, -0.25) is 14.4 Å². The number of benzene rings is 3. The Hall–Kier alpha value is -5.78. The number of halogens is 3. The number of carbonyl (C=O) groups is 3. The molecule has 3 amide bonds. The molecular weight excluding hydrogens is 671 g/mol. The van der Waals surface area contributed by atoms with Crippen molar-refractivity contribution in [2.45, 2.75) is 37.6 Å². The van der Waals surface area contributed by atoms with E-state index in [-0.39, 0.29) is 38.9 Å². The molecule has 3 aromatic carbocycles. The molecule has 49 heavy (non-hydrogen) atoms. The first-order valence-electron chi connectivity index (χ1n) is 14.5. The highest BCUT2D eigenvalue weighted by Gasteiger charge is 2.40. The number of imide groups is 1. The van der Waals surface area contributed by atoms with Gasteiger partial charge in [-0.15, -0.1) is 5.01 Å². The predicted octanol–water partition coefficient (Wildman–Crippen LogP) is 4.44. The highest BCUT2D eigenvalue weighted by molar-refractivity contribution is 7.90. The van der Waals surface area contributed by atoms with Crippen molar-refractivity contribution in [3.8, 4) is 16.9 Å². The van der Waals surface area contributed by atoms with E-state index in [4.69, 9.17) is 4.84 Å². The fourth-order valence-electron chi connectivity index (χ4n) is 4.78. The minimum absolute atomic E-state index is 0.0421. The number of aromatic nitrogens is 2. The van der Waals surface area contributed by atoms with Gasteiger partial charge in [-0.05, 0) is 56.3 Å². The van der Waals surface area contributed by atoms with E-state index in [9.17, 15) is 41.2 Å². The molecule has 0 bridgehead atoms. The predicted molar refractivity (Wildman–Crippen MR) is 165 cm³/mol. The molecule has 0 saturated carbocycles. The number of hydrogen-bond acceptors (Lipinski definition) is 9. The summed E-state index contributed by atoms with van der Waals surface area (Å²) in [5.41, 5.74) is 0.845. The summed E-state index contributed by atoms with van der Waals surface area (Å²) in [6.07, 6.45) is -6.45. The normalized spacial score (nSPS) is 14.1. The molecule has 5 rings (SSSR count). The number of amides is 3. The number of carbonyl (C=O) groups excluding carboxylic acids is 3. The van der Waals surface area contributed by atoms with Gasteiger partial charge in [-0.25, -0.2) is 22.7 Å². The third-order valence-electron chi connectivity index (χ3n) is 7.40. The van der Waals surface area contributed by atoms with Gasteiger partial charge in [0.2, 0.25) is 17.4 Å². The Morgan fingerprint density at radius 2 is 1.63 bits per heavy atom. The fraction of sp³-hybridized carbons (Fsp3) is 0.226. The SMILES string of the molecule is Cc1ccc(-c2cc(C(F)(F)F)nn2-c2ccc(S(=O)(=O)NC(=O)CCN(C)[N+]([O-])=NOC(C)N3C(=O)c4ccccc4C3=O)cc2)cc1. The molecule has 1 unspecified atom stereocenters. The molecule has 0 spiro atoms. The Morgan fingerprint density at radius 1 is 1.04 bits per heavy atom. The van der Waals surface area contributed by atoms with Crippen LogP contribution >= 0.6 is 0 Å². The van der Waals surface area contributed by atoms with Gasteiger partial charge in [-0.1, -0.05) is 42.0 Å². The molecule has 0 saturated heterocycles. The molecule has 2 heterocycles. The Labute approximate surface area is 277 Å². The number of fused-ring (bicyclic) bond motifs is 1. The molecule has 0 fully saturated rings. The van der Waals surface area contributed by atoms with E-state index in [0.29, 0.717) is 5.56 Å². The Morgan fingerprint density at radius 3 is 2.20 bits per heavy atom. The average Bonchev–Trinajstić information content (AvgIpc) is 3.62. The molecular formula is C31H28F3N7O7S. The van der Waals surface area contributed by atoms with Crippen LogP contribution in [-0.4, -0.2) is 70.6 Å². The number of aryl methyl sites for hydroxylation is 1. The largest absolute Gasteiger partial charge is 0.569 e. The highest BCUT2D eigenvalue weighted by atomic mass is 32.2. The number of rotatable bonds is 11. The van der Waals surface area contributed by atoms with Crippen LogP contribution in [0.4, 0.5) is 13.2 Å². The molecule has 1 aliphatic heterocycles. The number of nitrogens with zero attached hydrogens (tertiary/aromatic N) is 6. The summed E-state index contributed by atoms with van der Waals surface area (Å²) in [6, 6.07) is 18.5. The lowest BCUT2D eigenvalue weighted by atomic mass is 10.1. The van der Waals surface area contributed by atoms with Gasteiger partial charge in [0.25, 0.3) is 21.8 Å². The second-order valence-electron chi connectivity index (χ2n) is 10.9. The summed E-state index contributed by atoms with van der Waals surface area (Å²) in [5, 5.41) is 20.2. The van der Waals surface area contributed by atoms with E-state index in [1.165, 1.54) is 38.2 Å². The van der Waals surface area contributed by atoms with Crippen LogP contribution in [0.15, 0.2) is 89.0 Å². The molecule has 1 N–H and O–H groups in total. The maximum absolute atomic E-state index is 13.5. The van der Waals surface area contributed by atoms with Gasteiger partial charge in [0.05, 0.1) is 52.4 Å². The van der Waals surface area contributed by atoms with Crippen LogP contribution in [0.25, 0.3) is 16.9 Å². The van der Waals surface area contributed by atoms with E-state index in [2.05, 4.69) is 10.4 Å². The average molecular weight is 700 g/mol. The van der Waals surface area contributed by atoms with E-state index in [1.54, 1.807) is 36.4 Å². The van der Waals surface area contributed by atoms with Crippen LogP contribution in [0.2, 0.25) is 0 Å². The number of sulfonamides is 1. The van der Waals surface area contributed by atoms with E-state index in [1.807, 2.05) is 11.6 Å². The summed E-state index contributed by atoms with van der Waals surface area (Å²) in [6.45, 7) is 2.84. The van der Waals surface area contributed by atoms with Gasteiger partial charge in [0.1, 0.15) is 0 Å². The van der Waals surface area contributed by atoms with Crippen LogP contribution in [0.3, 0.4) is 0 Å². The summed E-state index contributed by atoms with van der Waals surface area (Å²) in [7, 11) is -3.18. The molecule has 14 nitrogen and oxygen atoms in total. The van der Waals surface area contributed by atoms with Crippen LogP contribution < -0.4 is 4.72 Å². The van der Waals surface area contributed by atoms with Crippen LogP contribution in [0.5, 0.6) is 0 Å². The van der Waals surface area contributed by atoms with Crippen LogP contribution in [-0.2, 0) is 25.8 Å². The molecule has 256 valence electrons. The van der Waals surface area contributed by atoms with E-state index < -0.39 is 52.3 Å². The zero-order valence-corrected chi connectivity index (χ0v) is 26.9. The lowest BCUT2D eigenvalue weighted by Gasteiger charge is -2.19. The van der Waals surface area contributed by atoms with Crippen LogP contribution in [0, 0.1) is 12.1 Å². The van der Waals surface area contributed by atoms with Gasteiger partial charge in [-0.2, -0.15) is 18.3 Å². The van der Waals surface area contributed by atoms with Crippen molar-refractivity contribution in [3.05, 3.63) is 106 Å². The van der Waals surface area contributed by atoms with Crippen molar-refractivity contribution in [2.24, 2.45) is 5.28 Å². The molecule has 4 aromatic rings. The lowest BCUT2D eigenvalue weighted by molar-refractivity contribution is -0.706. The summed E-state index contributed by atoms with van der Waals surface area (Å²) >= 11 is 0. The maximum atomic E-state index is 13.5. The lowest BCUT2D eigenvalue weighted by Crippen LogP contribution is -2.39. The van der Waals surface area contributed by atoms with Gasteiger partial charge < -0.3 is 10.0 Å². The minimum atomic E-state index is -4.73. The first-order valence-corrected chi connectivity index (χ1v) is 16.0. The maximum Gasteiger partial charge on any atom is 0.435 e. The zero-order valence-electron chi connectivity index (χ0n) is 26.1. The quantitative estimate of drug-likeness (QED) is 0.103. The summed E-state index contributed by atoms with van der Waals surface area (Å²) in [4.78, 5) is 43.1. The minimum Gasteiger partial charge on any atom is -0.569 e. The smallest absolute Gasteiger partial charge is 0.435 e. The van der Waals surface area contributed by atoms with Crippen molar-refractivity contribution < 1.29 is 45.8 Å². The van der Waals surface area contributed by atoms with E-state index >= 15 is 0 Å². The van der Waals surface area contributed by atoms with Crippen molar-refractivity contribution in [1.29, 1.82) is 0 Å².